The van der Waals surface area contributed by atoms with Gasteiger partial charge in [0.15, 0.2) is 5.82 Å². The largest absolute Gasteiger partial charge is 0.348 e. The van der Waals surface area contributed by atoms with E-state index in [4.69, 9.17) is 0 Å². The molecule has 9 nitrogen and oxygen atoms in total. The Bertz CT molecular complexity index is 1220. The van der Waals surface area contributed by atoms with E-state index in [0.717, 1.165) is 42.4 Å². The van der Waals surface area contributed by atoms with Crippen molar-refractivity contribution in [1.82, 2.24) is 34.4 Å². The van der Waals surface area contributed by atoms with Crippen molar-refractivity contribution in [3.05, 3.63) is 71.2 Å². The molecule has 1 aliphatic rings. The zero-order chi connectivity index (χ0) is 20.5. The highest BCUT2D eigenvalue weighted by Crippen LogP contribution is 2.22. The van der Waals surface area contributed by atoms with Crippen LogP contribution in [0.3, 0.4) is 0 Å². The van der Waals surface area contributed by atoms with Gasteiger partial charge in [0.1, 0.15) is 12.2 Å². The SMILES string of the molecule is C[C@H]1CN(Cc2cc(=O)[nH]c(-c3ccccc3)n2)CCN1c1nccn2cnnc12. The van der Waals surface area contributed by atoms with E-state index in [1.54, 1.807) is 18.6 Å². The summed E-state index contributed by atoms with van der Waals surface area (Å²) < 4.78 is 1.88. The van der Waals surface area contributed by atoms with Crippen molar-refractivity contribution in [2.24, 2.45) is 0 Å². The molecule has 3 aromatic heterocycles. The number of H-pyrrole nitrogens is 1. The normalized spacial score (nSPS) is 17.5. The summed E-state index contributed by atoms with van der Waals surface area (Å²) in [6.45, 7) is 5.30. The maximum Gasteiger partial charge on any atom is 0.251 e. The van der Waals surface area contributed by atoms with Gasteiger partial charge in [0, 0.05) is 56.2 Å². The molecular weight excluding hydrogens is 380 g/mol. The highest BCUT2D eigenvalue weighted by Gasteiger charge is 2.27. The van der Waals surface area contributed by atoms with Gasteiger partial charge in [-0.1, -0.05) is 30.3 Å². The molecule has 0 aliphatic carbocycles. The lowest BCUT2D eigenvalue weighted by Crippen LogP contribution is -2.52. The van der Waals surface area contributed by atoms with Crippen LogP contribution in [0.15, 0.2) is 59.9 Å². The van der Waals surface area contributed by atoms with Crippen LogP contribution in [-0.4, -0.2) is 60.1 Å². The standard InChI is InChI=1S/C21H22N8O/c1-15-12-27(9-10-29(15)20-21-26-23-14-28(21)8-7-22-20)13-17-11-18(30)25-19(24-17)16-5-3-2-4-6-16/h2-8,11,14-15H,9-10,12-13H2,1H3,(H,24,25,30)/t15-/m0/s1. The molecule has 1 fully saturated rings. The fourth-order valence-corrected chi connectivity index (χ4v) is 3.99. The maximum absolute atomic E-state index is 12.2. The highest BCUT2D eigenvalue weighted by atomic mass is 16.1. The molecule has 0 bridgehead atoms. The summed E-state index contributed by atoms with van der Waals surface area (Å²) in [6.07, 6.45) is 5.31. The Labute approximate surface area is 173 Å². The quantitative estimate of drug-likeness (QED) is 0.554. The van der Waals surface area contributed by atoms with Gasteiger partial charge in [-0.3, -0.25) is 14.1 Å². The van der Waals surface area contributed by atoms with E-state index in [1.165, 1.54) is 0 Å². The van der Waals surface area contributed by atoms with Gasteiger partial charge in [0.05, 0.1) is 5.69 Å². The first kappa shape index (κ1) is 18.4. The molecule has 9 heteroatoms. The second-order valence-electron chi connectivity index (χ2n) is 7.54. The first-order valence-electron chi connectivity index (χ1n) is 9.96. The van der Waals surface area contributed by atoms with E-state index in [-0.39, 0.29) is 11.6 Å². The zero-order valence-electron chi connectivity index (χ0n) is 16.6. The second-order valence-corrected chi connectivity index (χ2v) is 7.54. The number of aromatic amines is 1. The predicted octanol–water partition coefficient (Wildman–Crippen LogP) is 1.59. The molecule has 1 N–H and O–H groups in total. The van der Waals surface area contributed by atoms with Crippen LogP contribution in [0.25, 0.3) is 17.0 Å². The van der Waals surface area contributed by atoms with Gasteiger partial charge in [-0.05, 0) is 6.92 Å². The van der Waals surface area contributed by atoms with Crippen LogP contribution in [0.1, 0.15) is 12.6 Å². The Morgan fingerprint density at radius 2 is 2.07 bits per heavy atom. The first-order chi connectivity index (χ1) is 14.7. The molecule has 0 spiro atoms. The minimum atomic E-state index is -0.131. The number of nitrogens with zero attached hydrogens (tertiary/aromatic N) is 7. The number of hydrogen-bond acceptors (Lipinski definition) is 7. The third kappa shape index (κ3) is 3.55. The smallest absolute Gasteiger partial charge is 0.251 e. The average Bonchev–Trinajstić information content (AvgIpc) is 3.23. The third-order valence-electron chi connectivity index (χ3n) is 5.41. The van der Waals surface area contributed by atoms with E-state index in [2.05, 4.69) is 41.9 Å². The van der Waals surface area contributed by atoms with Crippen molar-refractivity contribution >= 4 is 11.5 Å². The van der Waals surface area contributed by atoms with E-state index in [0.29, 0.717) is 12.4 Å². The topological polar surface area (TPSA) is 95.3 Å². The summed E-state index contributed by atoms with van der Waals surface area (Å²) in [4.78, 5) is 28.8. The fraction of sp³-hybridized carbons (Fsp3) is 0.286. The van der Waals surface area contributed by atoms with Crippen molar-refractivity contribution in [2.75, 3.05) is 24.5 Å². The summed E-state index contributed by atoms with van der Waals surface area (Å²) in [5.74, 6) is 1.45. The van der Waals surface area contributed by atoms with E-state index in [9.17, 15) is 4.79 Å². The number of piperazine rings is 1. The minimum Gasteiger partial charge on any atom is -0.348 e. The molecule has 1 aliphatic heterocycles. The molecule has 4 aromatic rings. The molecule has 0 radical (unpaired) electrons. The van der Waals surface area contributed by atoms with Gasteiger partial charge in [0.2, 0.25) is 5.65 Å². The Morgan fingerprint density at radius 1 is 1.20 bits per heavy atom. The molecule has 152 valence electrons. The summed E-state index contributed by atoms with van der Waals surface area (Å²) in [7, 11) is 0. The molecule has 1 atom stereocenters. The van der Waals surface area contributed by atoms with Crippen LogP contribution in [0.5, 0.6) is 0 Å². The number of aromatic nitrogens is 6. The van der Waals surface area contributed by atoms with Crippen molar-refractivity contribution in [1.29, 1.82) is 0 Å². The maximum atomic E-state index is 12.2. The summed E-state index contributed by atoms with van der Waals surface area (Å²) in [5, 5.41) is 8.20. The molecule has 30 heavy (non-hydrogen) atoms. The molecule has 0 saturated carbocycles. The van der Waals surface area contributed by atoms with Crippen LogP contribution in [0, 0.1) is 0 Å². The number of rotatable bonds is 4. The molecular formula is C21H22N8O. The van der Waals surface area contributed by atoms with E-state index >= 15 is 0 Å². The number of fused-ring (bicyclic) bond motifs is 1. The monoisotopic (exact) mass is 402 g/mol. The van der Waals surface area contributed by atoms with Gasteiger partial charge in [-0.15, -0.1) is 10.2 Å². The van der Waals surface area contributed by atoms with Crippen molar-refractivity contribution in [3.8, 4) is 11.4 Å². The van der Waals surface area contributed by atoms with E-state index < -0.39 is 0 Å². The molecule has 1 saturated heterocycles. The Hall–Kier alpha value is -3.59. The highest BCUT2D eigenvalue weighted by molar-refractivity contribution is 5.64. The lowest BCUT2D eigenvalue weighted by Gasteiger charge is -2.40. The lowest BCUT2D eigenvalue weighted by molar-refractivity contribution is 0.218. The first-order valence-corrected chi connectivity index (χ1v) is 9.96. The van der Waals surface area contributed by atoms with Crippen LogP contribution in [0.4, 0.5) is 5.82 Å². The lowest BCUT2D eigenvalue weighted by atomic mass is 10.1. The van der Waals surface area contributed by atoms with Crippen LogP contribution >= 0.6 is 0 Å². The predicted molar refractivity (Wildman–Crippen MR) is 113 cm³/mol. The average molecular weight is 402 g/mol. The number of hydrogen-bond donors (Lipinski definition) is 1. The molecule has 0 unspecified atom stereocenters. The summed E-state index contributed by atoms with van der Waals surface area (Å²) in [5.41, 5.74) is 2.31. The molecule has 4 heterocycles. The number of nitrogens with one attached hydrogen (secondary N) is 1. The van der Waals surface area contributed by atoms with Gasteiger partial charge < -0.3 is 9.88 Å². The third-order valence-corrected chi connectivity index (χ3v) is 5.41. The Kier molecular flexibility index (Phi) is 4.72. The molecule has 0 amide bonds. The van der Waals surface area contributed by atoms with Crippen LogP contribution < -0.4 is 10.5 Å². The van der Waals surface area contributed by atoms with Crippen molar-refractivity contribution in [2.45, 2.75) is 19.5 Å². The van der Waals surface area contributed by atoms with Crippen molar-refractivity contribution < 1.29 is 0 Å². The molecule has 5 rings (SSSR count). The number of anilines is 1. The van der Waals surface area contributed by atoms with Gasteiger partial charge >= 0.3 is 0 Å². The van der Waals surface area contributed by atoms with Gasteiger partial charge in [-0.25, -0.2) is 9.97 Å². The van der Waals surface area contributed by atoms with Crippen LogP contribution in [-0.2, 0) is 6.54 Å². The van der Waals surface area contributed by atoms with Crippen molar-refractivity contribution in [3.63, 3.8) is 0 Å². The summed E-state index contributed by atoms with van der Waals surface area (Å²) in [6, 6.07) is 11.5. The minimum absolute atomic E-state index is 0.131. The zero-order valence-corrected chi connectivity index (χ0v) is 16.6. The van der Waals surface area contributed by atoms with Gasteiger partial charge in [-0.2, -0.15) is 0 Å². The summed E-state index contributed by atoms with van der Waals surface area (Å²) >= 11 is 0. The Morgan fingerprint density at radius 3 is 2.90 bits per heavy atom. The number of benzene rings is 1. The fourth-order valence-electron chi connectivity index (χ4n) is 3.99. The van der Waals surface area contributed by atoms with Crippen LogP contribution in [0.2, 0.25) is 0 Å². The molecule has 1 aromatic carbocycles. The van der Waals surface area contributed by atoms with Gasteiger partial charge in [0.25, 0.3) is 5.56 Å². The second kappa shape index (κ2) is 7.68. The Balaban J connectivity index is 1.33. The van der Waals surface area contributed by atoms with E-state index in [1.807, 2.05) is 40.9 Å².